The molecule has 3 atom stereocenters. The molecule has 1 heterocycles. The molecule has 42 heavy (non-hydrogen) atoms. The van der Waals surface area contributed by atoms with Crippen LogP contribution in [0, 0.1) is 0 Å². The molecule has 1 rings (SSSR count). The Morgan fingerprint density at radius 3 is 1.62 bits per heavy atom. The van der Waals surface area contributed by atoms with E-state index in [2.05, 4.69) is 13.8 Å². The van der Waals surface area contributed by atoms with E-state index in [1.165, 1.54) is 83.5 Å². The molecule has 0 amide bonds. The van der Waals surface area contributed by atoms with Gasteiger partial charge in [-0.2, -0.15) is 0 Å². The molecule has 248 valence electrons. The maximum atomic E-state index is 12.1. The molecule has 9 nitrogen and oxygen atoms in total. The number of ether oxygens (including phenoxy) is 3. The van der Waals surface area contributed by atoms with Crippen molar-refractivity contribution in [3.8, 4) is 0 Å². The van der Waals surface area contributed by atoms with Crippen molar-refractivity contribution < 1.29 is 38.8 Å². The molecule has 0 aromatic heterocycles. The molecule has 0 spiro atoms. The second-order valence-corrected chi connectivity index (χ2v) is 11.9. The largest absolute Gasteiger partial charge is 0.481 e. The van der Waals surface area contributed by atoms with Gasteiger partial charge in [0.1, 0.15) is 18.8 Å². The minimum Gasteiger partial charge on any atom is -0.481 e. The number of likely N-dealkylation sites (N-methyl/N-ethyl adjacent to an activating group) is 1. The van der Waals surface area contributed by atoms with E-state index < -0.39 is 24.5 Å². The number of carbonyl (C=O) groups is 3. The van der Waals surface area contributed by atoms with Crippen molar-refractivity contribution in [2.24, 2.45) is 0 Å². The van der Waals surface area contributed by atoms with Crippen molar-refractivity contribution >= 4 is 17.9 Å². The van der Waals surface area contributed by atoms with E-state index in [9.17, 15) is 19.5 Å². The van der Waals surface area contributed by atoms with Crippen LogP contribution in [0.25, 0.3) is 0 Å². The number of carboxylic acids is 1. The topological polar surface area (TPSA) is 123 Å². The highest BCUT2D eigenvalue weighted by Gasteiger charge is 2.38. The molecule has 0 aromatic carbocycles. The average molecular weight is 602 g/mol. The number of esters is 2. The van der Waals surface area contributed by atoms with E-state index in [0.29, 0.717) is 12.8 Å². The molecule has 0 unspecified atom stereocenters. The summed E-state index contributed by atoms with van der Waals surface area (Å²) in [5, 5.41) is 18.1. The summed E-state index contributed by atoms with van der Waals surface area (Å²) in [5.74, 6) is -1.32. The number of unbranched alkanes of at least 4 members (excludes halogenated alkanes) is 16. The molecule has 9 heteroatoms. The maximum absolute atomic E-state index is 12.1. The third kappa shape index (κ3) is 26.0. The number of aliphatic hydroxyl groups excluding tert-OH is 1. The SMILES string of the molecule is CCCCCCCCCCCC(=O)O.CCCCCCCCCCCC(=O)O[C@@H]1C[C@H](O)O[C@@H]1COC(=O)CN(C)C. The van der Waals surface area contributed by atoms with Crippen LogP contribution in [0.1, 0.15) is 149 Å². The first-order valence-corrected chi connectivity index (χ1v) is 16.7. The summed E-state index contributed by atoms with van der Waals surface area (Å²) in [5.41, 5.74) is 0. The fourth-order valence-corrected chi connectivity index (χ4v) is 4.84. The highest BCUT2D eigenvalue weighted by atomic mass is 16.7. The lowest BCUT2D eigenvalue weighted by atomic mass is 10.1. The van der Waals surface area contributed by atoms with E-state index in [4.69, 9.17) is 19.3 Å². The predicted molar refractivity (Wildman–Crippen MR) is 166 cm³/mol. The summed E-state index contributed by atoms with van der Waals surface area (Å²) in [4.78, 5) is 35.6. The number of hydrogen-bond donors (Lipinski definition) is 2. The number of aliphatic carboxylic acids is 1. The van der Waals surface area contributed by atoms with Gasteiger partial charge in [-0.3, -0.25) is 19.3 Å². The molecule has 1 fully saturated rings. The lowest BCUT2D eigenvalue weighted by Crippen LogP contribution is -2.33. The number of hydrogen-bond acceptors (Lipinski definition) is 8. The van der Waals surface area contributed by atoms with E-state index in [1.807, 2.05) is 0 Å². The van der Waals surface area contributed by atoms with Gasteiger partial charge in [0.2, 0.25) is 0 Å². The highest BCUT2D eigenvalue weighted by molar-refractivity contribution is 5.71. The van der Waals surface area contributed by atoms with Crippen molar-refractivity contribution in [3.63, 3.8) is 0 Å². The zero-order valence-electron chi connectivity index (χ0n) is 27.3. The Morgan fingerprint density at radius 1 is 0.714 bits per heavy atom. The fourth-order valence-electron chi connectivity index (χ4n) is 4.84. The van der Waals surface area contributed by atoms with Crippen molar-refractivity contribution in [1.82, 2.24) is 4.90 Å². The first-order valence-electron chi connectivity index (χ1n) is 16.7. The summed E-state index contributed by atoms with van der Waals surface area (Å²) < 4.78 is 15.9. The van der Waals surface area contributed by atoms with Gasteiger partial charge in [0.05, 0.1) is 6.54 Å². The van der Waals surface area contributed by atoms with E-state index >= 15 is 0 Å². The van der Waals surface area contributed by atoms with Gasteiger partial charge in [-0.15, -0.1) is 0 Å². The van der Waals surface area contributed by atoms with Gasteiger partial charge < -0.3 is 24.4 Å². The molecule has 0 aromatic rings. The van der Waals surface area contributed by atoms with Crippen LogP contribution >= 0.6 is 0 Å². The van der Waals surface area contributed by atoms with Crippen LogP contribution in [0.15, 0.2) is 0 Å². The third-order valence-corrected chi connectivity index (χ3v) is 7.30. The van der Waals surface area contributed by atoms with Crippen LogP contribution in [-0.4, -0.2) is 78.8 Å². The molecule has 0 bridgehead atoms. The van der Waals surface area contributed by atoms with Crippen molar-refractivity contribution in [2.45, 2.75) is 167 Å². The van der Waals surface area contributed by atoms with Gasteiger partial charge in [-0.25, -0.2) is 0 Å². The van der Waals surface area contributed by atoms with E-state index in [0.717, 1.165) is 32.1 Å². The third-order valence-electron chi connectivity index (χ3n) is 7.30. The average Bonchev–Trinajstić information content (AvgIpc) is 3.28. The van der Waals surface area contributed by atoms with Crippen LogP contribution in [0.3, 0.4) is 0 Å². The molecule has 0 radical (unpaired) electrons. The Labute approximate surface area is 256 Å². The second-order valence-electron chi connectivity index (χ2n) is 11.9. The lowest BCUT2D eigenvalue weighted by Gasteiger charge is -2.19. The number of carboxylic acid groups (broad SMARTS) is 1. The lowest BCUT2D eigenvalue weighted by molar-refractivity contribution is -0.162. The first kappa shape index (κ1) is 40.3. The Morgan fingerprint density at radius 2 is 1.17 bits per heavy atom. The van der Waals surface area contributed by atoms with Crippen LogP contribution in [-0.2, 0) is 28.6 Å². The molecule has 1 aliphatic heterocycles. The fraction of sp³-hybridized carbons (Fsp3) is 0.909. The van der Waals surface area contributed by atoms with Crippen LogP contribution in [0.2, 0.25) is 0 Å². The molecule has 0 aliphatic carbocycles. The van der Waals surface area contributed by atoms with Gasteiger partial charge >= 0.3 is 17.9 Å². The van der Waals surface area contributed by atoms with Crippen molar-refractivity contribution in [1.29, 1.82) is 0 Å². The first-order chi connectivity index (χ1) is 20.2. The van der Waals surface area contributed by atoms with Crippen molar-refractivity contribution in [3.05, 3.63) is 0 Å². The molecule has 1 saturated heterocycles. The van der Waals surface area contributed by atoms with Crippen LogP contribution < -0.4 is 0 Å². The monoisotopic (exact) mass is 601 g/mol. The normalized spacial score (nSPS) is 18.0. The van der Waals surface area contributed by atoms with Gasteiger partial charge in [0.25, 0.3) is 0 Å². The summed E-state index contributed by atoms with van der Waals surface area (Å²) in [7, 11) is 3.54. The van der Waals surface area contributed by atoms with Crippen molar-refractivity contribution in [2.75, 3.05) is 27.2 Å². The summed E-state index contributed by atoms with van der Waals surface area (Å²) in [6.45, 7) is 4.58. The summed E-state index contributed by atoms with van der Waals surface area (Å²) in [6, 6.07) is 0. The Bertz CT molecular complexity index is 672. The molecule has 1 aliphatic rings. The number of nitrogens with zero attached hydrogens (tertiary/aromatic N) is 1. The van der Waals surface area contributed by atoms with E-state index in [-0.39, 0.29) is 31.5 Å². The van der Waals surface area contributed by atoms with Crippen LogP contribution in [0.4, 0.5) is 0 Å². The minimum absolute atomic E-state index is 0.0281. The predicted octanol–water partition coefficient (Wildman–Crippen LogP) is 7.02. The zero-order valence-corrected chi connectivity index (χ0v) is 27.3. The van der Waals surface area contributed by atoms with Gasteiger partial charge in [-0.05, 0) is 26.9 Å². The van der Waals surface area contributed by atoms with Gasteiger partial charge in [-0.1, -0.05) is 117 Å². The second kappa shape index (κ2) is 28.1. The molecule has 0 saturated carbocycles. The maximum Gasteiger partial charge on any atom is 0.320 e. The molecule has 2 N–H and O–H groups in total. The van der Waals surface area contributed by atoms with Gasteiger partial charge in [0, 0.05) is 19.3 Å². The number of carbonyl (C=O) groups excluding carboxylic acids is 2. The summed E-state index contributed by atoms with van der Waals surface area (Å²) >= 11 is 0. The number of rotatable bonds is 25. The zero-order chi connectivity index (χ0) is 31.4. The highest BCUT2D eigenvalue weighted by Crippen LogP contribution is 2.23. The van der Waals surface area contributed by atoms with E-state index in [1.54, 1.807) is 19.0 Å². The van der Waals surface area contributed by atoms with Gasteiger partial charge in [0.15, 0.2) is 6.29 Å². The molecular weight excluding hydrogens is 538 g/mol. The smallest absolute Gasteiger partial charge is 0.320 e. The standard InChI is InChI=1S/C21H39NO6.C12H24O2/c1-4-5-6-7-8-9-10-11-12-13-19(23)27-17-14-20(24)28-18(17)16-26-21(25)15-22(2)3;1-2-3-4-5-6-7-8-9-10-11-12(13)14/h17-18,20,24H,4-16H2,1-3H3;2-11H2,1H3,(H,13,14)/t17-,18-,20-;/m1./s1. The Hall–Kier alpha value is -1.71. The Balaban J connectivity index is 0.00000101. The Kier molecular flexibility index (Phi) is 26.9. The minimum atomic E-state index is -0.997. The summed E-state index contributed by atoms with van der Waals surface area (Å²) in [6.07, 6.45) is 20.6. The quantitative estimate of drug-likeness (QED) is 0.0839. The van der Waals surface area contributed by atoms with Crippen LogP contribution in [0.5, 0.6) is 0 Å². The number of aliphatic hydroxyl groups is 1. The molecular formula is C33H63NO8.